The first kappa shape index (κ1) is 12.2. The first-order valence-corrected chi connectivity index (χ1v) is 4.94. The van der Waals surface area contributed by atoms with E-state index in [1.807, 2.05) is 0 Å². The quantitative estimate of drug-likeness (QED) is 0.799. The molecule has 0 aliphatic heterocycles. The van der Waals surface area contributed by atoms with Gasteiger partial charge in [-0.15, -0.1) is 0 Å². The molecule has 0 fully saturated rings. The zero-order valence-electron chi connectivity index (χ0n) is 8.94. The molecule has 0 saturated carbocycles. The lowest BCUT2D eigenvalue weighted by atomic mass is 10.2. The van der Waals surface area contributed by atoms with E-state index in [9.17, 15) is 9.18 Å². The van der Waals surface area contributed by atoms with Crippen molar-refractivity contribution >= 4 is 12.0 Å². The van der Waals surface area contributed by atoms with Gasteiger partial charge in [0.2, 0.25) is 0 Å². The molecule has 0 aromatic heterocycles. The number of halogens is 1. The number of benzene rings is 1. The molecule has 1 aromatic rings. The van der Waals surface area contributed by atoms with Crippen molar-refractivity contribution in [3.63, 3.8) is 0 Å². The highest BCUT2D eigenvalue weighted by Crippen LogP contribution is 2.19. The Morgan fingerprint density at radius 3 is 3.00 bits per heavy atom. The molecule has 0 aliphatic carbocycles. The number of rotatable bonds is 4. The Balaban J connectivity index is 2.63. The lowest BCUT2D eigenvalue weighted by molar-refractivity contribution is -0.142. The monoisotopic (exact) mass is 224 g/mol. The SMILES string of the molecule is CCOC(=O)CC=Cc1cccc(O)c1F. The molecule has 0 saturated heterocycles. The summed E-state index contributed by atoms with van der Waals surface area (Å²) in [6.07, 6.45) is 3.02. The lowest BCUT2D eigenvalue weighted by Crippen LogP contribution is -2.01. The van der Waals surface area contributed by atoms with Gasteiger partial charge in [0, 0.05) is 5.56 Å². The van der Waals surface area contributed by atoms with Gasteiger partial charge in [-0.25, -0.2) is 4.39 Å². The molecule has 16 heavy (non-hydrogen) atoms. The fourth-order valence-corrected chi connectivity index (χ4v) is 1.17. The van der Waals surface area contributed by atoms with Crippen molar-refractivity contribution in [3.05, 3.63) is 35.7 Å². The van der Waals surface area contributed by atoms with Crippen LogP contribution in [0.25, 0.3) is 6.08 Å². The molecule has 3 nitrogen and oxygen atoms in total. The summed E-state index contributed by atoms with van der Waals surface area (Å²) in [5.41, 5.74) is 0.240. The smallest absolute Gasteiger partial charge is 0.309 e. The summed E-state index contributed by atoms with van der Waals surface area (Å²) in [6, 6.07) is 4.30. The minimum atomic E-state index is -0.692. The predicted molar refractivity (Wildman–Crippen MR) is 58.3 cm³/mol. The number of hydrogen-bond acceptors (Lipinski definition) is 3. The van der Waals surface area contributed by atoms with E-state index in [-0.39, 0.29) is 18.0 Å². The normalized spacial score (nSPS) is 10.6. The molecule has 4 heteroatoms. The van der Waals surface area contributed by atoms with Gasteiger partial charge in [0.25, 0.3) is 0 Å². The third kappa shape index (κ3) is 3.38. The Hall–Kier alpha value is -1.84. The van der Waals surface area contributed by atoms with Gasteiger partial charge < -0.3 is 9.84 Å². The van der Waals surface area contributed by atoms with E-state index in [1.54, 1.807) is 6.92 Å². The van der Waals surface area contributed by atoms with Gasteiger partial charge >= 0.3 is 5.97 Å². The molecule has 0 aliphatic rings. The Kier molecular flexibility index (Phi) is 4.51. The van der Waals surface area contributed by atoms with Gasteiger partial charge in [-0.3, -0.25) is 4.79 Å². The van der Waals surface area contributed by atoms with E-state index in [1.165, 1.54) is 30.4 Å². The topological polar surface area (TPSA) is 46.5 Å². The van der Waals surface area contributed by atoms with Crippen molar-refractivity contribution in [1.29, 1.82) is 0 Å². The highest BCUT2D eigenvalue weighted by molar-refractivity contribution is 5.72. The Morgan fingerprint density at radius 2 is 2.31 bits per heavy atom. The van der Waals surface area contributed by atoms with E-state index in [4.69, 9.17) is 9.84 Å². The first-order valence-electron chi connectivity index (χ1n) is 4.94. The first-order chi connectivity index (χ1) is 7.65. The van der Waals surface area contributed by atoms with E-state index in [0.29, 0.717) is 6.61 Å². The molecule has 1 N–H and O–H groups in total. The van der Waals surface area contributed by atoms with Gasteiger partial charge in [-0.05, 0) is 13.0 Å². The minimum Gasteiger partial charge on any atom is -0.505 e. The summed E-state index contributed by atoms with van der Waals surface area (Å²) >= 11 is 0. The average Bonchev–Trinajstić information content (AvgIpc) is 2.25. The van der Waals surface area contributed by atoms with Crippen LogP contribution in [0.2, 0.25) is 0 Å². The van der Waals surface area contributed by atoms with Crippen LogP contribution >= 0.6 is 0 Å². The van der Waals surface area contributed by atoms with E-state index >= 15 is 0 Å². The largest absolute Gasteiger partial charge is 0.505 e. The third-order valence-corrected chi connectivity index (χ3v) is 1.90. The number of ether oxygens (including phenoxy) is 1. The summed E-state index contributed by atoms with van der Waals surface area (Å²) in [5.74, 6) is -1.46. The molecule has 86 valence electrons. The van der Waals surface area contributed by atoms with Crippen LogP contribution in [0.5, 0.6) is 5.75 Å². The maximum atomic E-state index is 13.3. The maximum absolute atomic E-state index is 13.3. The summed E-state index contributed by atoms with van der Waals surface area (Å²) in [4.78, 5) is 11.0. The van der Waals surface area contributed by atoms with Crippen LogP contribution in [-0.4, -0.2) is 17.7 Å². The van der Waals surface area contributed by atoms with E-state index in [0.717, 1.165) is 0 Å². The highest BCUT2D eigenvalue weighted by atomic mass is 19.1. The van der Waals surface area contributed by atoms with Gasteiger partial charge in [0.15, 0.2) is 11.6 Å². The number of hydrogen-bond donors (Lipinski definition) is 1. The molecule has 1 aromatic carbocycles. The highest BCUT2D eigenvalue weighted by Gasteiger charge is 2.03. The molecule has 1 rings (SSSR count). The second kappa shape index (κ2) is 5.90. The van der Waals surface area contributed by atoms with Crippen molar-refractivity contribution in [3.8, 4) is 5.75 Å². The van der Waals surface area contributed by atoms with Crippen molar-refractivity contribution in [1.82, 2.24) is 0 Å². The van der Waals surface area contributed by atoms with E-state index < -0.39 is 11.6 Å². The van der Waals surface area contributed by atoms with Crippen LogP contribution in [0, 0.1) is 5.82 Å². The predicted octanol–water partition coefficient (Wildman–Crippen LogP) is 2.50. The van der Waals surface area contributed by atoms with Crippen LogP contribution in [0.3, 0.4) is 0 Å². The Morgan fingerprint density at radius 1 is 1.56 bits per heavy atom. The summed E-state index contributed by atoms with van der Waals surface area (Å²) in [6.45, 7) is 2.05. The van der Waals surface area contributed by atoms with Crippen LogP contribution in [0.1, 0.15) is 18.9 Å². The molecule has 0 bridgehead atoms. The third-order valence-electron chi connectivity index (χ3n) is 1.90. The number of aromatic hydroxyl groups is 1. The minimum absolute atomic E-state index is 0.0862. The van der Waals surface area contributed by atoms with Crippen molar-refractivity contribution in [2.24, 2.45) is 0 Å². The molecule has 0 spiro atoms. The molecule has 0 heterocycles. The van der Waals surface area contributed by atoms with Gasteiger partial charge in [-0.1, -0.05) is 24.3 Å². The molecule has 0 amide bonds. The number of phenols is 1. The van der Waals surface area contributed by atoms with Crippen LogP contribution in [0.15, 0.2) is 24.3 Å². The Labute approximate surface area is 93.2 Å². The molecule has 0 atom stereocenters. The summed E-state index contributed by atoms with van der Waals surface area (Å²) < 4.78 is 18.0. The zero-order valence-corrected chi connectivity index (χ0v) is 8.94. The molecule has 0 unspecified atom stereocenters. The lowest BCUT2D eigenvalue weighted by Gasteiger charge is -1.99. The zero-order chi connectivity index (χ0) is 12.0. The number of phenolic OH excluding ortho intramolecular Hbond substituents is 1. The Bertz CT molecular complexity index is 399. The molecule has 0 radical (unpaired) electrons. The second-order valence-electron chi connectivity index (χ2n) is 3.09. The second-order valence-corrected chi connectivity index (χ2v) is 3.09. The van der Waals surface area contributed by atoms with Crippen molar-refractivity contribution in [2.75, 3.05) is 6.61 Å². The average molecular weight is 224 g/mol. The molecular formula is C12H13FO3. The van der Waals surface area contributed by atoms with Gasteiger partial charge in [0.05, 0.1) is 13.0 Å². The van der Waals surface area contributed by atoms with Crippen LogP contribution in [-0.2, 0) is 9.53 Å². The fraction of sp³-hybridized carbons (Fsp3) is 0.250. The number of carbonyl (C=O) groups is 1. The summed E-state index contributed by atoms with van der Waals surface area (Å²) in [7, 11) is 0. The van der Waals surface area contributed by atoms with Crippen molar-refractivity contribution < 1.29 is 19.0 Å². The summed E-state index contributed by atoms with van der Waals surface area (Å²) in [5, 5.41) is 9.09. The standard InChI is InChI=1S/C12H13FO3/c1-2-16-11(15)8-4-6-9-5-3-7-10(14)12(9)13/h3-7,14H,2,8H2,1H3. The number of carbonyl (C=O) groups excluding carboxylic acids is 1. The van der Waals surface area contributed by atoms with E-state index in [2.05, 4.69) is 0 Å². The number of esters is 1. The van der Waals surface area contributed by atoms with Gasteiger partial charge in [-0.2, -0.15) is 0 Å². The van der Waals surface area contributed by atoms with Gasteiger partial charge in [0.1, 0.15) is 0 Å². The van der Waals surface area contributed by atoms with Crippen LogP contribution < -0.4 is 0 Å². The van der Waals surface area contributed by atoms with Crippen LogP contribution in [0.4, 0.5) is 4.39 Å². The fourth-order valence-electron chi connectivity index (χ4n) is 1.17. The maximum Gasteiger partial charge on any atom is 0.309 e. The molecular weight excluding hydrogens is 211 g/mol. The van der Waals surface area contributed by atoms with Crippen molar-refractivity contribution in [2.45, 2.75) is 13.3 Å².